The second kappa shape index (κ2) is 6.04. The lowest BCUT2D eigenvalue weighted by Gasteiger charge is -2.13. The molecule has 0 aliphatic heterocycles. The van der Waals surface area contributed by atoms with E-state index in [1.807, 2.05) is 6.07 Å². The molecule has 3 rings (SSSR count). The van der Waals surface area contributed by atoms with Crippen LogP contribution in [0, 0.1) is 5.82 Å². The lowest BCUT2D eigenvalue weighted by molar-refractivity contribution is 0.101. The topological polar surface area (TPSA) is 51.1 Å². The first kappa shape index (κ1) is 15.0. The SMILES string of the molecule is CCn1c(C(=O)Nc2ccccc2)cc2cc(F)ccc2c1=O. The molecule has 5 heteroatoms. The number of amides is 1. The number of nitrogens with one attached hydrogen (secondary N) is 1. The third-order valence-electron chi connectivity index (χ3n) is 3.65. The lowest BCUT2D eigenvalue weighted by atomic mass is 10.1. The highest BCUT2D eigenvalue weighted by molar-refractivity contribution is 6.05. The normalized spacial score (nSPS) is 10.7. The van der Waals surface area contributed by atoms with Crippen molar-refractivity contribution >= 4 is 22.4 Å². The predicted octanol–water partition coefficient (Wildman–Crippen LogP) is 3.41. The summed E-state index contributed by atoms with van der Waals surface area (Å²) in [5, 5.41) is 3.55. The highest BCUT2D eigenvalue weighted by Crippen LogP contribution is 2.16. The number of anilines is 1. The summed E-state index contributed by atoms with van der Waals surface area (Å²) in [6.07, 6.45) is 0. The van der Waals surface area contributed by atoms with E-state index in [2.05, 4.69) is 5.32 Å². The van der Waals surface area contributed by atoms with E-state index in [-0.39, 0.29) is 11.3 Å². The third-order valence-corrected chi connectivity index (χ3v) is 3.65. The molecule has 0 aliphatic carbocycles. The van der Waals surface area contributed by atoms with Crippen molar-refractivity contribution in [2.24, 2.45) is 0 Å². The highest BCUT2D eigenvalue weighted by Gasteiger charge is 2.15. The van der Waals surface area contributed by atoms with E-state index >= 15 is 0 Å². The minimum absolute atomic E-state index is 0.208. The van der Waals surface area contributed by atoms with Crippen molar-refractivity contribution in [2.75, 3.05) is 5.32 Å². The number of hydrogen-bond acceptors (Lipinski definition) is 2. The van der Waals surface area contributed by atoms with Gasteiger partial charge in [-0.25, -0.2) is 4.39 Å². The van der Waals surface area contributed by atoms with Gasteiger partial charge in [0.1, 0.15) is 11.5 Å². The summed E-state index contributed by atoms with van der Waals surface area (Å²) in [6.45, 7) is 2.14. The van der Waals surface area contributed by atoms with Crippen molar-refractivity contribution in [2.45, 2.75) is 13.5 Å². The number of halogens is 1. The molecule has 0 unspecified atom stereocenters. The standard InChI is InChI=1S/C18H15FN2O2/c1-2-21-16(17(22)20-14-6-4-3-5-7-14)11-12-10-13(19)8-9-15(12)18(21)23/h3-11H,2H2,1H3,(H,20,22). The van der Waals surface area contributed by atoms with Crippen LogP contribution in [0.25, 0.3) is 10.8 Å². The Morgan fingerprint density at radius 3 is 2.57 bits per heavy atom. The summed E-state index contributed by atoms with van der Waals surface area (Å²) in [7, 11) is 0. The second-order valence-corrected chi connectivity index (χ2v) is 5.13. The summed E-state index contributed by atoms with van der Waals surface area (Å²) in [4.78, 5) is 25.0. The van der Waals surface area contributed by atoms with Gasteiger partial charge in [0, 0.05) is 17.6 Å². The summed E-state index contributed by atoms with van der Waals surface area (Å²) < 4.78 is 14.8. The van der Waals surface area contributed by atoms with E-state index in [0.29, 0.717) is 23.0 Å². The van der Waals surface area contributed by atoms with Crippen molar-refractivity contribution in [3.05, 3.63) is 76.5 Å². The van der Waals surface area contributed by atoms with Crippen molar-refractivity contribution in [1.82, 2.24) is 4.57 Å². The first-order valence-corrected chi connectivity index (χ1v) is 7.29. The van der Waals surface area contributed by atoms with Crippen LogP contribution in [0.2, 0.25) is 0 Å². The second-order valence-electron chi connectivity index (χ2n) is 5.13. The van der Waals surface area contributed by atoms with Crippen LogP contribution in [0.3, 0.4) is 0 Å². The van der Waals surface area contributed by atoms with Gasteiger partial charge in [0.05, 0.1) is 0 Å². The molecule has 23 heavy (non-hydrogen) atoms. The molecule has 0 aliphatic rings. The van der Waals surface area contributed by atoms with Gasteiger partial charge >= 0.3 is 0 Å². The number of fused-ring (bicyclic) bond motifs is 1. The Bertz CT molecular complexity index is 933. The Morgan fingerprint density at radius 2 is 1.87 bits per heavy atom. The maximum Gasteiger partial charge on any atom is 0.272 e. The number of carbonyl (C=O) groups excluding carboxylic acids is 1. The molecule has 0 radical (unpaired) electrons. The lowest BCUT2D eigenvalue weighted by Crippen LogP contribution is -2.28. The molecule has 1 aromatic heterocycles. The molecule has 1 N–H and O–H groups in total. The first-order chi connectivity index (χ1) is 11.1. The molecule has 0 saturated carbocycles. The van der Waals surface area contributed by atoms with Gasteiger partial charge in [-0.3, -0.25) is 9.59 Å². The molecule has 0 bridgehead atoms. The average Bonchev–Trinajstić information content (AvgIpc) is 2.55. The van der Waals surface area contributed by atoms with Gasteiger partial charge in [0.2, 0.25) is 0 Å². The van der Waals surface area contributed by atoms with Gasteiger partial charge in [0.25, 0.3) is 11.5 Å². The zero-order chi connectivity index (χ0) is 16.4. The summed E-state index contributed by atoms with van der Waals surface area (Å²) in [5.41, 5.74) is 0.537. The Morgan fingerprint density at radius 1 is 1.13 bits per heavy atom. The number of aromatic nitrogens is 1. The van der Waals surface area contributed by atoms with E-state index in [4.69, 9.17) is 0 Å². The van der Waals surface area contributed by atoms with Crippen molar-refractivity contribution in [3.63, 3.8) is 0 Å². The summed E-state index contributed by atoms with van der Waals surface area (Å²) in [5.74, 6) is -0.845. The van der Waals surface area contributed by atoms with Crippen molar-refractivity contribution < 1.29 is 9.18 Å². The Labute approximate surface area is 132 Å². The number of nitrogens with zero attached hydrogens (tertiary/aromatic N) is 1. The zero-order valence-corrected chi connectivity index (χ0v) is 12.5. The van der Waals surface area contributed by atoms with Crippen LogP contribution in [-0.2, 0) is 6.54 Å². The maximum absolute atomic E-state index is 13.4. The molecule has 0 fully saturated rings. The van der Waals surface area contributed by atoms with Gasteiger partial charge < -0.3 is 9.88 Å². The van der Waals surface area contributed by atoms with Gasteiger partial charge in [-0.2, -0.15) is 0 Å². The van der Waals surface area contributed by atoms with Crippen molar-refractivity contribution in [1.29, 1.82) is 0 Å². The van der Waals surface area contributed by atoms with Gasteiger partial charge in [-0.15, -0.1) is 0 Å². The van der Waals surface area contributed by atoms with Crippen LogP contribution in [0.5, 0.6) is 0 Å². The van der Waals surface area contributed by atoms with E-state index in [9.17, 15) is 14.0 Å². The number of para-hydroxylation sites is 1. The molecule has 0 saturated heterocycles. The Balaban J connectivity index is 2.12. The fourth-order valence-corrected chi connectivity index (χ4v) is 2.55. The first-order valence-electron chi connectivity index (χ1n) is 7.29. The number of hydrogen-bond donors (Lipinski definition) is 1. The predicted molar refractivity (Wildman–Crippen MR) is 88.2 cm³/mol. The van der Waals surface area contributed by atoms with E-state index in [1.54, 1.807) is 37.3 Å². The molecule has 1 heterocycles. The summed E-state index contributed by atoms with van der Waals surface area (Å²) >= 11 is 0. The molecule has 1 amide bonds. The van der Waals surface area contributed by atoms with Crippen molar-refractivity contribution in [3.8, 4) is 0 Å². The third kappa shape index (κ3) is 2.85. The Hall–Kier alpha value is -2.95. The van der Waals surface area contributed by atoms with Crippen LogP contribution >= 0.6 is 0 Å². The minimum Gasteiger partial charge on any atom is -0.321 e. The number of rotatable bonds is 3. The van der Waals surface area contributed by atoms with E-state index in [0.717, 1.165) is 0 Å². The van der Waals surface area contributed by atoms with Gasteiger partial charge in [-0.05, 0) is 48.7 Å². The zero-order valence-electron chi connectivity index (χ0n) is 12.5. The molecule has 0 spiro atoms. The molecular weight excluding hydrogens is 295 g/mol. The van der Waals surface area contributed by atoms with Crippen LogP contribution < -0.4 is 10.9 Å². The van der Waals surface area contributed by atoms with Crippen LogP contribution in [0.15, 0.2) is 59.4 Å². The number of carbonyl (C=O) groups is 1. The average molecular weight is 310 g/mol. The van der Waals surface area contributed by atoms with Crippen LogP contribution in [-0.4, -0.2) is 10.5 Å². The molecule has 3 aromatic rings. The smallest absolute Gasteiger partial charge is 0.272 e. The van der Waals surface area contributed by atoms with Crippen LogP contribution in [0.4, 0.5) is 10.1 Å². The number of pyridine rings is 1. The molecule has 4 nitrogen and oxygen atoms in total. The molecule has 116 valence electrons. The molecular formula is C18H15FN2O2. The highest BCUT2D eigenvalue weighted by atomic mass is 19.1. The minimum atomic E-state index is -0.444. The fourth-order valence-electron chi connectivity index (χ4n) is 2.55. The van der Waals surface area contributed by atoms with Crippen LogP contribution in [0.1, 0.15) is 17.4 Å². The van der Waals surface area contributed by atoms with Gasteiger partial charge in [0.15, 0.2) is 0 Å². The molecule has 0 atom stereocenters. The Kier molecular flexibility index (Phi) is 3.93. The number of benzene rings is 2. The molecule has 2 aromatic carbocycles. The van der Waals surface area contributed by atoms with E-state index in [1.165, 1.54) is 22.8 Å². The fraction of sp³-hybridized carbons (Fsp3) is 0.111. The maximum atomic E-state index is 13.4. The largest absolute Gasteiger partial charge is 0.321 e. The monoisotopic (exact) mass is 310 g/mol. The quantitative estimate of drug-likeness (QED) is 0.806. The van der Waals surface area contributed by atoms with E-state index < -0.39 is 11.7 Å². The van der Waals surface area contributed by atoms with Gasteiger partial charge in [-0.1, -0.05) is 18.2 Å². The summed E-state index contributed by atoms with van der Waals surface area (Å²) in [6, 6.07) is 14.5.